The molecule has 0 aliphatic rings. The number of oxazole rings is 1. The highest BCUT2D eigenvalue weighted by atomic mass is 16.4. The van der Waals surface area contributed by atoms with Gasteiger partial charge in [0.25, 0.3) is 0 Å². The Bertz CT molecular complexity index is 1720. The normalized spacial score (nSPS) is 12.1. The van der Waals surface area contributed by atoms with Gasteiger partial charge < -0.3 is 8.83 Å². The number of fused-ring (bicyclic) bond motifs is 8. The summed E-state index contributed by atoms with van der Waals surface area (Å²) < 4.78 is 14.3. The molecule has 0 N–H and O–H groups in total. The molecule has 0 unspecified atom stereocenters. The van der Waals surface area contributed by atoms with Crippen molar-refractivity contribution in [3.8, 4) is 11.1 Å². The van der Waals surface area contributed by atoms with Crippen LogP contribution in [0.25, 0.3) is 61.0 Å². The fraction of sp³-hybridized carbons (Fsp3) is 0. The van der Waals surface area contributed by atoms with E-state index >= 15 is 0 Å². The minimum atomic E-state index is 0.614. The van der Waals surface area contributed by atoms with Gasteiger partial charge in [-0.1, -0.05) is 48.5 Å². The highest BCUT2D eigenvalue weighted by molar-refractivity contribution is 6.07. The Hall–Kier alpha value is -4.05. The molecule has 0 amide bonds. The van der Waals surface area contributed by atoms with Crippen molar-refractivity contribution in [1.82, 2.24) is 9.38 Å². The summed E-state index contributed by atoms with van der Waals surface area (Å²) >= 11 is 0. The van der Waals surface area contributed by atoms with Crippen LogP contribution in [0.1, 0.15) is 0 Å². The molecule has 7 aromatic rings. The fourth-order valence-electron chi connectivity index (χ4n) is 4.33. The van der Waals surface area contributed by atoms with E-state index in [0.29, 0.717) is 5.84 Å². The number of rotatable bonds is 1. The summed E-state index contributed by atoms with van der Waals surface area (Å²) in [5, 5.41) is 2.23. The molecule has 3 aromatic heterocycles. The van der Waals surface area contributed by atoms with Gasteiger partial charge in [-0.2, -0.15) is 4.98 Å². The first-order valence-electron chi connectivity index (χ1n) is 9.57. The fourth-order valence-corrected chi connectivity index (χ4v) is 4.33. The Morgan fingerprint density at radius 1 is 0.655 bits per heavy atom. The van der Waals surface area contributed by atoms with Crippen molar-refractivity contribution in [1.29, 1.82) is 0 Å². The zero-order valence-corrected chi connectivity index (χ0v) is 15.3. The van der Waals surface area contributed by atoms with E-state index in [1.807, 2.05) is 42.5 Å². The maximum atomic E-state index is 6.23. The zero-order valence-electron chi connectivity index (χ0n) is 15.3. The number of aromatic nitrogens is 2. The second kappa shape index (κ2) is 5.26. The Kier molecular flexibility index (Phi) is 2.71. The van der Waals surface area contributed by atoms with Crippen LogP contribution in [0.2, 0.25) is 0 Å². The molecule has 0 radical (unpaired) electrons. The Morgan fingerprint density at radius 3 is 2.48 bits per heavy atom. The Labute approximate surface area is 164 Å². The lowest BCUT2D eigenvalue weighted by Gasteiger charge is -2.03. The largest absolute Gasteiger partial charge is 0.456 e. The van der Waals surface area contributed by atoms with Crippen molar-refractivity contribution in [3.63, 3.8) is 0 Å². The summed E-state index contributed by atoms with van der Waals surface area (Å²) in [5.41, 5.74) is 7.78. The lowest BCUT2D eigenvalue weighted by atomic mass is 10.0. The van der Waals surface area contributed by atoms with E-state index < -0.39 is 0 Å². The van der Waals surface area contributed by atoms with Gasteiger partial charge >= 0.3 is 5.84 Å². The number of benzene rings is 4. The molecule has 0 saturated carbocycles. The predicted molar refractivity (Wildman–Crippen MR) is 115 cm³/mol. The van der Waals surface area contributed by atoms with E-state index in [4.69, 9.17) is 8.83 Å². The third-order valence-electron chi connectivity index (χ3n) is 5.65. The van der Waals surface area contributed by atoms with Crippen LogP contribution in [0, 0.1) is 0 Å². The molecule has 4 nitrogen and oxygen atoms in total. The van der Waals surface area contributed by atoms with Crippen molar-refractivity contribution in [3.05, 3.63) is 84.9 Å². The molecule has 0 fully saturated rings. The summed E-state index contributed by atoms with van der Waals surface area (Å²) in [4.78, 5) is 4.65. The molecule has 0 spiro atoms. The van der Waals surface area contributed by atoms with Crippen molar-refractivity contribution in [2.45, 2.75) is 0 Å². The number of hydrogen-bond acceptors (Lipinski definition) is 3. The lowest BCUT2D eigenvalue weighted by Crippen LogP contribution is -1.83. The number of hydrogen-bond donors (Lipinski definition) is 0. The van der Waals surface area contributed by atoms with Crippen LogP contribution >= 0.6 is 0 Å². The Balaban J connectivity index is 1.55. The summed E-state index contributed by atoms with van der Waals surface area (Å²) in [6.07, 6.45) is 0. The summed E-state index contributed by atoms with van der Waals surface area (Å²) in [5.74, 6) is 0.614. The summed E-state index contributed by atoms with van der Waals surface area (Å²) in [6, 6.07) is 28.8. The summed E-state index contributed by atoms with van der Waals surface area (Å²) in [7, 11) is 0. The highest BCUT2D eigenvalue weighted by Crippen LogP contribution is 2.36. The van der Waals surface area contributed by atoms with Crippen LogP contribution in [0.4, 0.5) is 0 Å². The first-order valence-corrected chi connectivity index (χ1v) is 9.57. The van der Waals surface area contributed by atoms with Crippen molar-refractivity contribution in [2.24, 2.45) is 0 Å². The monoisotopic (exact) mass is 374 g/mol. The molecule has 4 heteroatoms. The SMILES string of the molecule is c1ccc2c(c1)nc1oc3c(-c4ccc5oc6ccccc6c5c4)cccc3n12. The van der Waals surface area contributed by atoms with Gasteiger partial charge in [-0.25, -0.2) is 0 Å². The first kappa shape index (κ1) is 14.9. The lowest BCUT2D eigenvalue weighted by molar-refractivity contribution is 0.644. The van der Waals surface area contributed by atoms with E-state index in [2.05, 4.69) is 51.8 Å². The van der Waals surface area contributed by atoms with Gasteiger partial charge in [-0.3, -0.25) is 4.40 Å². The molecule has 29 heavy (non-hydrogen) atoms. The molecular weight excluding hydrogens is 360 g/mol. The third kappa shape index (κ3) is 1.95. The van der Waals surface area contributed by atoms with Crippen LogP contribution in [0.3, 0.4) is 0 Å². The molecule has 0 saturated heterocycles. The third-order valence-corrected chi connectivity index (χ3v) is 5.65. The molecule has 0 aliphatic heterocycles. The van der Waals surface area contributed by atoms with Gasteiger partial charge in [0, 0.05) is 16.3 Å². The minimum Gasteiger partial charge on any atom is -0.456 e. The van der Waals surface area contributed by atoms with Crippen LogP contribution in [-0.4, -0.2) is 9.38 Å². The first-order chi connectivity index (χ1) is 14.4. The minimum absolute atomic E-state index is 0.614. The molecule has 4 aromatic carbocycles. The second-order valence-electron chi connectivity index (χ2n) is 7.28. The van der Waals surface area contributed by atoms with E-state index in [-0.39, 0.29) is 0 Å². The van der Waals surface area contributed by atoms with Gasteiger partial charge in [-0.05, 0) is 42.0 Å². The molecule has 0 atom stereocenters. The van der Waals surface area contributed by atoms with Gasteiger partial charge in [-0.15, -0.1) is 0 Å². The van der Waals surface area contributed by atoms with Crippen molar-refractivity contribution in [2.75, 3.05) is 0 Å². The standard InChI is InChI=1S/C25H14N2O2/c1-4-11-22-17(6-1)18-14-15(12-13-23(18)28-22)16-7-5-10-21-24(16)29-25-26-19-8-2-3-9-20(19)27(21)25/h1-14H. The predicted octanol–water partition coefficient (Wildman–Crippen LogP) is 6.80. The maximum absolute atomic E-state index is 6.23. The molecule has 136 valence electrons. The van der Waals surface area contributed by atoms with Gasteiger partial charge in [0.15, 0.2) is 5.58 Å². The van der Waals surface area contributed by atoms with Gasteiger partial charge in [0.2, 0.25) is 0 Å². The van der Waals surface area contributed by atoms with Crippen molar-refractivity contribution >= 4 is 49.9 Å². The highest BCUT2D eigenvalue weighted by Gasteiger charge is 2.16. The van der Waals surface area contributed by atoms with Crippen molar-refractivity contribution < 1.29 is 8.83 Å². The van der Waals surface area contributed by atoms with E-state index in [9.17, 15) is 0 Å². The summed E-state index contributed by atoms with van der Waals surface area (Å²) in [6.45, 7) is 0. The van der Waals surface area contributed by atoms with E-state index in [1.54, 1.807) is 0 Å². The Morgan fingerprint density at radius 2 is 1.48 bits per heavy atom. The van der Waals surface area contributed by atoms with Gasteiger partial charge in [0.1, 0.15) is 11.2 Å². The topological polar surface area (TPSA) is 43.6 Å². The average Bonchev–Trinajstić information content (AvgIpc) is 3.42. The quantitative estimate of drug-likeness (QED) is 0.317. The molecule has 0 bridgehead atoms. The number of nitrogens with zero attached hydrogens (tertiary/aromatic N) is 2. The zero-order chi connectivity index (χ0) is 18.9. The van der Waals surface area contributed by atoms with Gasteiger partial charge in [0.05, 0.1) is 16.6 Å². The smallest absolute Gasteiger partial charge is 0.307 e. The van der Waals surface area contributed by atoms with Crippen LogP contribution < -0.4 is 0 Å². The van der Waals surface area contributed by atoms with E-state index in [1.165, 1.54) is 0 Å². The van der Waals surface area contributed by atoms with Crippen LogP contribution in [0.15, 0.2) is 93.8 Å². The number of imidazole rings is 1. The molecule has 7 rings (SSSR count). The number of furan rings is 1. The molecular formula is C25H14N2O2. The second-order valence-corrected chi connectivity index (χ2v) is 7.28. The molecule has 0 aliphatic carbocycles. The maximum Gasteiger partial charge on any atom is 0.307 e. The van der Waals surface area contributed by atoms with Crippen LogP contribution in [-0.2, 0) is 0 Å². The molecule has 3 heterocycles. The average molecular weight is 374 g/mol. The van der Waals surface area contributed by atoms with Crippen LogP contribution in [0.5, 0.6) is 0 Å². The van der Waals surface area contributed by atoms with E-state index in [0.717, 1.165) is 55.2 Å². The number of para-hydroxylation sites is 4.